The Morgan fingerprint density at radius 2 is 2.00 bits per heavy atom. The molecular weight excluding hydrogens is 270 g/mol. The zero-order chi connectivity index (χ0) is 15.4. The maximum absolute atomic E-state index is 11.9. The molecule has 6 heteroatoms. The molecule has 6 nitrogen and oxygen atoms in total. The van der Waals surface area contributed by atoms with Crippen LogP contribution in [0.3, 0.4) is 0 Å². The van der Waals surface area contributed by atoms with E-state index in [1.54, 1.807) is 30.5 Å². The summed E-state index contributed by atoms with van der Waals surface area (Å²) >= 11 is 0. The van der Waals surface area contributed by atoms with Crippen molar-refractivity contribution in [2.75, 3.05) is 5.32 Å². The SMILES string of the molecule is CC(C)CC(=O)Nc1ccccc1-n1ccc(C(=O)O)n1. The minimum absolute atomic E-state index is 0.0432. The number of nitrogens with zero attached hydrogens (tertiary/aromatic N) is 2. The normalized spacial score (nSPS) is 10.6. The van der Waals surface area contributed by atoms with Crippen LogP contribution in [0.2, 0.25) is 0 Å². The maximum atomic E-state index is 11.9. The van der Waals surface area contributed by atoms with Gasteiger partial charge in [0.05, 0.1) is 11.4 Å². The number of rotatable bonds is 5. The average Bonchev–Trinajstić information content (AvgIpc) is 2.88. The number of amides is 1. The van der Waals surface area contributed by atoms with Crippen LogP contribution >= 0.6 is 0 Å². The largest absolute Gasteiger partial charge is 0.476 e. The first-order chi connectivity index (χ1) is 9.97. The fourth-order valence-electron chi connectivity index (χ4n) is 1.92. The molecule has 2 aromatic rings. The number of aromatic nitrogens is 2. The van der Waals surface area contributed by atoms with Crippen molar-refractivity contribution in [1.29, 1.82) is 0 Å². The number of carbonyl (C=O) groups is 2. The highest BCUT2D eigenvalue weighted by Gasteiger charge is 2.12. The Labute approximate surface area is 122 Å². The van der Waals surface area contributed by atoms with Gasteiger partial charge in [-0.25, -0.2) is 9.48 Å². The number of benzene rings is 1. The molecule has 0 saturated heterocycles. The Kier molecular flexibility index (Phi) is 4.37. The van der Waals surface area contributed by atoms with Crippen molar-refractivity contribution in [2.45, 2.75) is 20.3 Å². The van der Waals surface area contributed by atoms with Gasteiger partial charge in [-0.05, 0) is 24.1 Å². The Hall–Kier alpha value is -2.63. The molecule has 0 fully saturated rings. The van der Waals surface area contributed by atoms with E-state index in [-0.39, 0.29) is 17.5 Å². The molecule has 21 heavy (non-hydrogen) atoms. The van der Waals surface area contributed by atoms with Crippen molar-refractivity contribution in [3.63, 3.8) is 0 Å². The molecule has 1 heterocycles. The summed E-state index contributed by atoms with van der Waals surface area (Å²) in [6.07, 6.45) is 1.98. The van der Waals surface area contributed by atoms with Gasteiger partial charge in [0.2, 0.25) is 5.91 Å². The number of hydrogen-bond acceptors (Lipinski definition) is 3. The van der Waals surface area contributed by atoms with Crippen LogP contribution in [0, 0.1) is 5.92 Å². The van der Waals surface area contributed by atoms with Crippen LogP contribution in [0.25, 0.3) is 5.69 Å². The smallest absolute Gasteiger partial charge is 0.356 e. The van der Waals surface area contributed by atoms with Crippen molar-refractivity contribution < 1.29 is 14.7 Å². The molecule has 0 bridgehead atoms. The summed E-state index contributed by atoms with van der Waals surface area (Å²) in [5.41, 5.74) is 1.18. The highest BCUT2D eigenvalue weighted by molar-refractivity contribution is 5.93. The summed E-state index contributed by atoms with van der Waals surface area (Å²) in [7, 11) is 0. The quantitative estimate of drug-likeness (QED) is 0.885. The Balaban J connectivity index is 2.27. The van der Waals surface area contributed by atoms with Gasteiger partial charge in [0.15, 0.2) is 5.69 Å². The van der Waals surface area contributed by atoms with Crippen molar-refractivity contribution >= 4 is 17.6 Å². The van der Waals surface area contributed by atoms with Crippen molar-refractivity contribution in [3.8, 4) is 5.69 Å². The lowest BCUT2D eigenvalue weighted by Gasteiger charge is -2.11. The van der Waals surface area contributed by atoms with Gasteiger partial charge in [-0.3, -0.25) is 4.79 Å². The lowest BCUT2D eigenvalue weighted by atomic mass is 10.1. The van der Waals surface area contributed by atoms with E-state index in [9.17, 15) is 9.59 Å². The van der Waals surface area contributed by atoms with Crippen molar-refractivity contribution in [1.82, 2.24) is 9.78 Å². The van der Waals surface area contributed by atoms with Gasteiger partial charge in [-0.2, -0.15) is 5.10 Å². The van der Waals surface area contributed by atoms with Crippen LogP contribution in [0.15, 0.2) is 36.5 Å². The van der Waals surface area contributed by atoms with E-state index in [1.165, 1.54) is 10.7 Å². The molecule has 1 aromatic carbocycles. The average molecular weight is 287 g/mol. The van der Waals surface area contributed by atoms with Gasteiger partial charge in [0, 0.05) is 12.6 Å². The molecule has 1 aromatic heterocycles. The Morgan fingerprint density at radius 1 is 1.29 bits per heavy atom. The summed E-state index contributed by atoms with van der Waals surface area (Å²) in [4.78, 5) is 22.8. The predicted octanol–water partition coefficient (Wildman–Crippen LogP) is 2.56. The van der Waals surface area contributed by atoms with Crippen LogP contribution in [-0.2, 0) is 4.79 Å². The number of hydrogen-bond donors (Lipinski definition) is 2. The van der Waals surface area contributed by atoms with Crippen LogP contribution in [0.1, 0.15) is 30.8 Å². The van der Waals surface area contributed by atoms with Crippen LogP contribution in [0.5, 0.6) is 0 Å². The van der Waals surface area contributed by atoms with E-state index >= 15 is 0 Å². The lowest BCUT2D eigenvalue weighted by molar-refractivity contribution is -0.116. The third kappa shape index (κ3) is 3.68. The van der Waals surface area contributed by atoms with Gasteiger partial charge in [-0.15, -0.1) is 0 Å². The van der Waals surface area contributed by atoms with Crippen LogP contribution in [0.4, 0.5) is 5.69 Å². The van der Waals surface area contributed by atoms with Gasteiger partial charge in [0.1, 0.15) is 0 Å². The number of anilines is 1. The molecule has 0 saturated carbocycles. The first-order valence-corrected chi connectivity index (χ1v) is 6.65. The number of nitrogens with one attached hydrogen (secondary N) is 1. The summed E-state index contributed by atoms with van der Waals surface area (Å²) < 4.78 is 1.44. The molecule has 0 spiro atoms. The summed E-state index contributed by atoms with van der Waals surface area (Å²) in [5, 5.41) is 15.7. The number of carboxylic acid groups (broad SMARTS) is 1. The second-order valence-electron chi connectivity index (χ2n) is 5.11. The molecule has 2 N–H and O–H groups in total. The fourth-order valence-corrected chi connectivity index (χ4v) is 1.92. The number of para-hydroxylation sites is 2. The second kappa shape index (κ2) is 6.21. The van der Waals surface area contributed by atoms with Crippen molar-refractivity contribution in [2.24, 2.45) is 5.92 Å². The number of carbonyl (C=O) groups excluding carboxylic acids is 1. The third-order valence-corrected chi connectivity index (χ3v) is 2.83. The predicted molar refractivity (Wildman–Crippen MR) is 78.6 cm³/mol. The van der Waals surface area contributed by atoms with Gasteiger partial charge >= 0.3 is 5.97 Å². The van der Waals surface area contributed by atoms with Crippen molar-refractivity contribution in [3.05, 3.63) is 42.2 Å². The molecule has 0 unspecified atom stereocenters. The monoisotopic (exact) mass is 287 g/mol. The maximum Gasteiger partial charge on any atom is 0.356 e. The molecule has 0 aliphatic rings. The van der Waals surface area contributed by atoms with E-state index in [0.717, 1.165) is 0 Å². The fraction of sp³-hybridized carbons (Fsp3) is 0.267. The zero-order valence-electron chi connectivity index (χ0n) is 11.9. The molecule has 110 valence electrons. The molecule has 1 amide bonds. The summed E-state index contributed by atoms with van der Waals surface area (Å²) in [6.45, 7) is 3.94. The van der Waals surface area contributed by atoms with E-state index in [2.05, 4.69) is 10.4 Å². The Morgan fingerprint density at radius 3 is 2.62 bits per heavy atom. The topological polar surface area (TPSA) is 84.2 Å². The van der Waals surface area contributed by atoms with Crippen LogP contribution in [-0.4, -0.2) is 26.8 Å². The number of aromatic carboxylic acids is 1. The highest BCUT2D eigenvalue weighted by atomic mass is 16.4. The first kappa shape index (κ1) is 14.8. The van der Waals surface area contributed by atoms with E-state index in [0.29, 0.717) is 17.8 Å². The van der Waals surface area contributed by atoms with E-state index in [1.807, 2.05) is 13.8 Å². The minimum Gasteiger partial charge on any atom is -0.476 e. The van der Waals surface area contributed by atoms with Crippen LogP contribution < -0.4 is 5.32 Å². The number of carboxylic acids is 1. The first-order valence-electron chi connectivity index (χ1n) is 6.65. The molecule has 2 rings (SSSR count). The van der Waals surface area contributed by atoms with E-state index < -0.39 is 5.97 Å². The molecular formula is C15H17N3O3. The molecule has 0 atom stereocenters. The summed E-state index contributed by atoms with van der Waals surface area (Å²) in [5.74, 6) is -0.904. The summed E-state index contributed by atoms with van der Waals surface area (Å²) in [6, 6.07) is 8.54. The Bertz CT molecular complexity index is 662. The molecule has 0 aliphatic carbocycles. The van der Waals surface area contributed by atoms with Gasteiger partial charge in [-0.1, -0.05) is 26.0 Å². The standard InChI is InChI=1S/C15H17N3O3/c1-10(2)9-14(19)16-11-5-3-4-6-13(11)18-8-7-12(17-18)15(20)21/h3-8,10H,9H2,1-2H3,(H,16,19)(H,20,21). The zero-order valence-corrected chi connectivity index (χ0v) is 11.9. The molecule has 0 aliphatic heterocycles. The highest BCUT2D eigenvalue weighted by Crippen LogP contribution is 2.20. The third-order valence-electron chi connectivity index (χ3n) is 2.83. The van der Waals surface area contributed by atoms with Gasteiger partial charge in [0.25, 0.3) is 0 Å². The van der Waals surface area contributed by atoms with Gasteiger partial charge < -0.3 is 10.4 Å². The molecule has 0 radical (unpaired) electrons. The second-order valence-corrected chi connectivity index (χ2v) is 5.11. The minimum atomic E-state index is -1.09. The van der Waals surface area contributed by atoms with E-state index in [4.69, 9.17) is 5.11 Å². The lowest BCUT2D eigenvalue weighted by Crippen LogP contribution is -2.15.